The van der Waals surface area contributed by atoms with Crippen LogP contribution in [0.1, 0.15) is 25.0 Å². The van der Waals surface area contributed by atoms with E-state index in [1.807, 2.05) is 12.1 Å². The van der Waals surface area contributed by atoms with E-state index in [1.54, 1.807) is 6.26 Å². The van der Waals surface area contributed by atoms with Gasteiger partial charge in [0.05, 0.1) is 11.8 Å². The highest BCUT2D eigenvalue weighted by Gasteiger charge is 2.38. The summed E-state index contributed by atoms with van der Waals surface area (Å²) in [5.74, 6) is 0.663. The molecule has 4 heteroatoms. The van der Waals surface area contributed by atoms with Gasteiger partial charge in [-0.25, -0.2) is 0 Å². The lowest BCUT2D eigenvalue weighted by Gasteiger charge is -2.25. The molecule has 1 aliphatic rings. The monoisotopic (exact) mass is 208 g/mol. The molecule has 1 saturated heterocycles. The van der Waals surface area contributed by atoms with Gasteiger partial charge in [-0.15, -0.1) is 0 Å². The van der Waals surface area contributed by atoms with Gasteiger partial charge >= 0.3 is 0 Å². The largest absolute Gasteiger partial charge is 0.469 e. The maximum Gasteiger partial charge on any atom is 0.237 e. The lowest BCUT2D eigenvalue weighted by molar-refractivity contribution is -0.124. The quantitative estimate of drug-likeness (QED) is 0.769. The number of aryl methyl sites for hydroxylation is 1. The van der Waals surface area contributed by atoms with Crippen LogP contribution in [0.25, 0.3) is 0 Å². The predicted octanol–water partition coefficient (Wildman–Crippen LogP) is 0.820. The predicted molar refractivity (Wildman–Crippen MR) is 56.2 cm³/mol. The average molecular weight is 208 g/mol. The van der Waals surface area contributed by atoms with E-state index in [0.717, 1.165) is 38.0 Å². The Kier molecular flexibility index (Phi) is 2.77. The summed E-state index contributed by atoms with van der Waals surface area (Å²) in [5, 5.41) is 3.22. The highest BCUT2D eigenvalue weighted by molar-refractivity contribution is 5.85. The molecule has 0 bridgehead atoms. The van der Waals surface area contributed by atoms with E-state index in [1.165, 1.54) is 0 Å². The molecule has 4 nitrogen and oxygen atoms in total. The minimum Gasteiger partial charge on any atom is -0.469 e. The number of carbonyl (C=O) groups excluding carboxylic acids is 1. The lowest BCUT2D eigenvalue weighted by atomic mass is 9.90. The molecule has 1 aromatic heterocycles. The first kappa shape index (κ1) is 10.2. The van der Waals surface area contributed by atoms with Gasteiger partial charge in [-0.1, -0.05) is 0 Å². The Morgan fingerprint density at radius 3 is 3.07 bits per heavy atom. The van der Waals surface area contributed by atoms with Gasteiger partial charge in [-0.05, 0) is 37.9 Å². The smallest absolute Gasteiger partial charge is 0.237 e. The normalized spacial score (nSPS) is 25.6. The Balaban J connectivity index is 1.99. The highest BCUT2D eigenvalue weighted by Crippen LogP contribution is 2.24. The molecule has 0 aromatic carbocycles. The fraction of sp³-hybridized carbons (Fsp3) is 0.545. The zero-order valence-electron chi connectivity index (χ0n) is 8.66. The second-order valence-corrected chi connectivity index (χ2v) is 4.06. The number of rotatable bonds is 4. The Labute approximate surface area is 88.8 Å². The van der Waals surface area contributed by atoms with E-state index in [9.17, 15) is 4.79 Å². The fourth-order valence-corrected chi connectivity index (χ4v) is 2.14. The summed E-state index contributed by atoms with van der Waals surface area (Å²) >= 11 is 0. The number of furan rings is 1. The van der Waals surface area contributed by atoms with Gasteiger partial charge in [0.25, 0.3) is 0 Å². The molecule has 82 valence electrons. The summed E-state index contributed by atoms with van der Waals surface area (Å²) in [6.45, 7) is 0.876. The van der Waals surface area contributed by atoms with Crippen molar-refractivity contribution in [2.24, 2.45) is 5.73 Å². The molecule has 2 rings (SSSR count). The molecule has 1 amide bonds. The summed E-state index contributed by atoms with van der Waals surface area (Å²) in [6, 6.07) is 3.78. The SMILES string of the molecule is NC(=O)C1(CCc2ccco2)CCCN1. The third-order valence-electron chi connectivity index (χ3n) is 3.09. The van der Waals surface area contributed by atoms with Crippen LogP contribution in [0.15, 0.2) is 22.8 Å². The maximum absolute atomic E-state index is 11.4. The van der Waals surface area contributed by atoms with Crippen LogP contribution in [-0.4, -0.2) is 18.0 Å². The second kappa shape index (κ2) is 4.06. The molecule has 1 fully saturated rings. The van der Waals surface area contributed by atoms with Gasteiger partial charge in [-0.2, -0.15) is 0 Å². The van der Waals surface area contributed by atoms with E-state index >= 15 is 0 Å². The maximum atomic E-state index is 11.4. The first-order chi connectivity index (χ1) is 7.23. The van der Waals surface area contributed by atoms with Gasteiger partial charge in [0.1, 0.15) is 5.76 Å². The Morgan fingerprint density at radius 2 is 2.53 bits per heavy atom. The highest BCUT2D eigenvalue weighted by atomic mass is 16.3. The van der Waals surface area contributed by atoms with Gasteiger partial charge < -0.3 is 15.5 Å². The molecule has 1 aromatic rings. The summed E-state index contributed by atoms with van der Waals surface area (Å²) in [4.78, 5) is 11.4. The fourth-order valence-electron chi connectivity index (χ4n) is 2.14. The molecule has 1 aliphatic heterocycles. The molecule has 0 spiro atoms. The summed E-state index contributed by atoms with van der Waals surface area (Å²) in [5.41, 5.74) is 4.93. The van der Waals surface area contributed by atoms with Gasteiger partial charge in [0.15, 0.2) is 0 Å². The number of primary amides is 1. The van der Waals surface area contributed by atoms with Crippen LogP contribution < -0.4 is 11.1 Å². The van der Waals surface area contributed by atoms with E-state index < -0.39 is 5.54 Å². The third-order valence-corrected chi connectivity index (χ3v) is 3.09. The second-order valence-electron chi connectivity index (χ2n) is 4.06. The van der Waals surface area contributed by atoms with Crippen molar-refractivity contribution in [2.75, 3.05) is 6.54 Å². The summed E-state index contributed by atoms with van der Waals surface area (Å²) < 4.78 is 5.24. The van der Waals surface area contributed by atoms with Crippen LogP contribution in [0.3, 0.4) is 0 Å². The van der Waals surface area contributed by atoms with Crippen LogP contribution in [0.5, 0.6) is 0 Å². The van der Waals surface area contributed by atoms with Crippen LogP contribution in [-0.2, 0) is 11.2 Å². The Morgan fingerprint density at radius 1 is 1.67 bits per heavy atom. The van der Waals surface area contributed by atoms with Crippen molar-refractivity contribution >= 4 is 5.91 Å². The zero-order chi connectivity index (χ0) is 10.7. The van der Waals surface area contributed by atoms with Crippen molar-refractivity contribution in [3.63, 3.8) is 0 Å². The van der Waals surface area contributed by atoms with Crippen molar-refractivity contribution < 1.29 is 9.21 Å². The van der Waals surface area contributed by atoms with Gasteiger partial charge in [0.2, 0.25) is 5.91 Å². The molecule has 15 heavy (non-hydrogen) atoms. The molecule has 1 atom stereocenters. The summed E-state index contributed by atoms with van der Waals surface area (Å²) in [6.07, 6.45) is 4.97. The van der Waals surface area contributed by atoms with Crippen molar-refractivity contribution in [1.29, 1.82) is 0 Å². The van der Waals surface area contributed by atoms with Crippen LogP contribution in [0, 0.1) is 0 Å². The number of hydrogen-bond donors (Lipinski definition) is 2. The van der Waals surface area contributed by atoms with Crippen molar-refractivity contribution in [3.8, 4) is 0 Å². The Hall–Kier alpha value is -1.29. The number of hydrogen-bond acceptors (Lipinski definition) is 3. The molecule has 3 N–H and O–H groups in total. The zero-order valence-corrected chi connectivity index (χ0v) is 8.66. The number of amides is 1. The lowest BCUT2D eigenvalue weighted by Crippen LogP contribution is -2.51. The minimum absolute atomic E-state index is 0.244. The number of nitrogens with two attached hydrogens (primary N) is 1. The average Bonchev–Trinajstić information content (AvgIpc) is 2.87. The van der Waals surface area contributed by atoms with Crippen molar-refractivity contribution in [2.45, 2.75) is 31.2 Å². The Bertz CT molecular complexity index is 326. The number of nitrogens with one attached hydrogen (secondary N) is 1. The van der Waals surface area contributed by atoms with Crippen LogP contribution in [0.4, 0.5) is 0 Å². The molecule has 0 saturated carbocycles. The van der Waals surface area contributed by atoms with E-state index in [4.69, 9.17) is 10.2 Å². The first-order valence-corrected chi connectivity index (χ1v) is 5.30. The van der Waals surface area contributed by atoms with Crippen molar-refractivity contribution in [1.82, 2.24) is 5.32 Å². The number of carbonyl (C=O) groups is 1. The summed E-state index contributed by atoms with van der Waals surface area (Å²) in [7, 11) is 0. The molecule has 1 unspecified atom stereocenters. The van der Waals surface area contributed by atoms with Gasteiger partial charge in [0, 0.05) is 6.42 Å². The third kappa shape index (κ3) is 2.04. The molecule has 0 aliphatic carbocycles. The molecule has 2 heterocycles. The molecular formula is C11H16N2O2. The topological polar surface area (TPSA) is 68.3 Å². The molecule has 0 radical (unpaired) electrons. The van der Waals surface area contributed by atoms with E-state index in [2.05, 4.69) is 5.32 Å². The van der Waals surface area contributed by atoms with Gasteiger partial charge in [-0.3, -0.25) is 4.79 Å². The minimum atomic E-state index is -0.507. The standard InChI is InChI=1S/C11H16N2O2/c12-10(14)11(5-2-7-13-11)6-4-9-3-1-8-15-9/h1,3,8,13H,2,4-7H2,(H2,12,14). The van der Waals surface area contributed by atoms with E-state index in [0.29, 0.717) is 0 Å². The van der Waals surface area contributed by atoms with Crippen LogP contribution >= 0.6 is 0 Å². The van der Waals surface area contributed by atoms with Crippen molar-refractivity contribution in [3.05, 3.63) is 24.2 Å². The molecular weight excluding hydrogens is 192 g/mol. The van der Waals surface area contributed by atoms with E-state index in [-0.39, 0.29) is 5.91 Å². The van der Waals surface area contributed by atoms with Crippen LogP contribution in [0.2, 0.25) is 0 Å². The first-order valence-electron chi connectivity index (χ1n) is 5.30.